The van der Waals surface area contributed by atoms with Gasteiger partial charge in [-0.1, -0.05) is 150 Å². The molecule has 9 nitrogen and oxygen atoms in total. The van der Waals surface area contributed by atoms with Crippen LogP contribution < -0.4 is 0 Å². The molecule has 13 heteroatoms. The zero-order chi connectivity index (χ0) is 59.7. The van der Waals surface area contributed by atoms with Gasteiger partial charge in [-0.25, -0.2) is 29.9 Å². The molecule has 0 amide bonds. The summed E-state index contributed by atoms with van der Waals surface area (Å²) in [5, 5.41) is 4.50. The van der Waals surface area contributed by atoms with Crippen LogP contribution in [0.3, 0.4) is 0 Å². The molecular weight excluding hydrogens is 1100 g/mol. The summed E-state index contributed by atoms with van der Waals surface area (Å²) in [4.78, 5) is 30.5. The number of nitrogens with one attached hydrogen (secondary N) is 1. The van der Waals surface area contributed by atoms with Crippen molar-refractivity contribution in [1.29, 1.82) is 0 Å². The van der Waals surface area contributed by atoms with Crippen molar-refractivity contribution < 1.29 is 8.83 Å². The van der Waals surface area contributed by atoms with E-state index in [2.05, 4.69) is 174 Å². The van der Waals surface area contributed by atoms with Crippen LogP contribution in [0.4, 0.5) is 0 Å². The van der Waals surface area contributed by atoms with E-state index >= 15 is 0 Å². The molecule has 12 rings (SSSR count). The Bertz CT molecular complexity index is 3680. The zero-order valence-corrected chi connectivity index (χ0v) is 54.8. The third kappa shape index (κ3) is 20.2. The number of para-hydroxylation sites is 5. The highest BCUT2D eigenvalue weighted by atomic mass is 35.5. The van der Waals surface area contributed by atoms with E-state index in [9.17, 15) is 0 Å². The SMILES string of the molecule is CC(C)Cc1nc2cc(Cl)ccc2s1.CC(C)Cc1nc2ccccc2[nH]1.CC(C)Cc1nc2ccccc2o1.CCc1ccc2nc(CC(C)C)sc2c1.Cc1ccc2nc(CC(C)C)sc2c1.Cc1cccc2nc(CC(C)C)oc12. The molecule has 0 spiro atoms. The lowest BCUT2D eigenvalue weighted by Gasteiger charge is -1.98. The summed E-state index contributed by atoms with van der Waals surface area (Å²) in [6.07, 6.45) is 7.20. The molecule has 6 heterocycles. The summed E-state index contributed by atoms with van der Waals surface area (Å²) in [6, 6.07) is 41.0. The smallest absolute Gasteiger partial charge is 0.195 e. The summed E-state index contributed by atoms with van der Waals surface area (Å²) in [7, 11) is 0. The first kappa shape index (κ1) is 64.3. The Morgan fingerprint density at radius 2 is 0.952 bits per heavy atom. The molecule has 12 aromatic rings. The first-order chi connectivity index (χ1) is 39.7. The van der Waals surface area contributed by atoms with E-state index in [1.807, 2.05) is 108 Å². The second kappa shape index (κ2) is 31.0. The minimum Gasteiger partial charge on any atom is -0.441 e. The average molecular weight is 1190 g/mol. The van der Waals surface area contributed by atoms with Gasteiger partial charge in [-0.3, -0.25) is 0 Å². The fraction of sp³-hybridized carbons (Fsp3) is 0.400. The van der Waals surface area contributed by atoms with Crippen LogP contribution in [0, 0.1) is 49.4 Å². The molecule has 0 saturated heterocycles. The van der Waals surface area contributed by atoms with E-state index in [0.717, 1.165) is 123 Å². The maximum Gasteiger partial charge on any atom is 0.195 e. The molecule has 0 saturated carbocycles. The third-order valence-electron chi connectivity index (χ3n) is 12.8. The number of aryl methyl sites for hydroxylation is 3. The number of aromatic amines is 1. The Kier molecular flexibility index (Phi) is 24.0. The van der Waals surface area contributed by atoms with Gasteiger partial charge in [-0.2, -0.15) is 0 Å². The summed E-state index contributed by atoms with van der Waals surface area (Å²) >= 11 is 11.3. The van der Waals surface area contributed by atoms with Gasteiger partial charge in [0, 0.05) is 43.5 Å². The van der Waals surface area contributed by atoms with E-state index in [-0.39, 0.29) is 0 Å². The topological polar surface area (TPSA) is 119 Å². The van der Waals surface area contributed by atoms with Gasteiger partial charge in [0.05, 0.1) is 56.7 Å². The number of benzene rings is 6. The van der Waals surface area contributed by atoms with Crippen molar-refractivity contribution >= 4 is 109 Å². The van der Waals surface area contributed by atoms with Gasteiger partial charge in [-0.05, 0) is 145 Å². The number of rotatable bonds is 13. The predicted molar refractivity (Wildman–Crippen MR) is 358 cm³/mol. The summed E-state index contributed by atoms with van der Waals surface area (Å²) < 4.78 is 15.2. The molecular formula is C70H86ClN7O2S3. The quantitative estimate of drug-likeness (QED) is 0.121. The molecule has 0 aliphatic rings. The number of hydrogen-bond acceptors (Lipinski definition) is 11. The Morgan fingerprint density at radius 1 is 0.434 bits per heavy atom. The van der Waals surface area contributed by atoms with Gasteiger partial charge in [0.25, 0.3) is 0 Å². The highest BCUT2D eigenvalue weighted by Crippen LogP contribution is 2.29. The van der Waals surface area contributed by atoms with Crippen molar-refractivity contribution in [2.75, 3.05) is 0 Å². The first-order valence-electron chi connectivity index (χ1n) is 29.6. The van der Waals surface area contributed by atoms with E-state index in [1.165, 1.54) is 40.2 Å². The maximum atomic E-state index is 5.90. The van der Waals surface area contributed by atoms with Crippen LogP contribution in [0.5, 0.6) is 0 Å². The second-order valence-electron chi connectivity index (χ2n) is 24.0. The minimum absolute atomic E-state index is 0.586. The molecule has 0 atom stereocenters. The largest absolute Gasteiger partial charge is 0.441 e. The number of oxazole rings is 2. The zero-order valence-electron chi connectivity index (χ0n) is 51.6. The summed E-state index contributed by atoms with van der Waals surface area (Å²) in [6.45, 7) is 32.8. The standard InChI is InChI=1S/C13H17NS.C12H15NO.C12H15NS.C11H12ClNS.C11H14N2.C11H13NO/c1-4-10-5-6-11-12(8-10)15-13(14-11)7-9(2)3;1-8(2)7-11-13-10-6-4-5-9(3)12(10)14-11;1-8(2)6-12-13-10-5-4-9(3)7-11(10)14-12;1-7(2)5-11-13-9-6-8(12)3-4-10(9)14-11;2*1-8(2)7-11-12-9-5-3-4-6-10(9)13-11/h5-6,8-9H,4,7H2,1-3H3;4-6,8H,7H2,1-3H3;4-5,7-8H,6H2,1-3H3;3-4,6-7H,5H2,1-2H3;3-6,8H,7H2,1-2H3,(H,12,13);3-6,8H,7H2,1-2H3. The van der Waals surface area contributed by atoms with E-state index < -0.39 is 0 Å². The molecule has 6 aromatic heterocycles. The van der Waals surface area contributed by atoms with Crippen molar-refractivity contribution in [3.8, 4) is 0 Å². The molecule has 0 unspecified atom stereocenters. The van der Waals surface area contributed by atoms with E-state index in [0.29, 0.717) is 35.5 Å². The number of H-pyrrole nitrogens is 1. The Hall–Kier alpha value is -6.31. The van der Waals surface area contributed by atoms with Crippen LogP contribution in [0.15, 0.2) is 130 Å². The van der Waals surface area contributed by atoms with Crippen molar-refractivity contribution in [2.45, 2.75) is 149 Å². The summed E-state index contributed by atoms with van der Waals surface area (Å²) in [5.41, 5.74) is 13.2. The number of nitrogens with zero attached hydrogens (tertiary/aromatic N) is 6. The fourth-order valence-electron chi connectivity index (χ4n) is 8.99. The van der Waals surface area contributed by atoms with Crippen LogP contribution >= 0.6 is 45.6 Å². The highest BCUT2D eigenvalue weighted by molar-refractivity contribution is 7.19. The predicted octanol–water partition coefficient (Wildman–Crippen LogP) is 21.1. The van der Waals surface area contributed by atoms with Crippen LogP contribution in [0.1, 0.15) is 139 Å². The van der Waals surface area contributed by atoms with Crippen LogP contribution in [0.2, 0.25) is 5.02 Å². The molecule has 83 heavy (non-hydrogen) atoms. The van der Waals surface area contributed by atoms with Gasteiger partial charge in [-0.15, -0.1) is 34.0 Å². The van der Waals surface area contributed by atoms with Gasteiger partial charge < -0.3 is 13.8 Å². The lowest BCUT2D eigenvalue weighted by molar-refractivity contribution is 0.481. The van der Waals surface area contributed by atoms with Crippen molar-refractivity contribution in [3.05, 3.63) is 176 Å². The monoisotopic (exact) mass is 1190 g/mol. The van der Waals surface area contributed by atoms with Gasteiger partial charge >= 0.3 is 0 Å². The van der Waals surface area contributed by atoms with Crippen molar-refractivity contribution in [3.63, 3.8) is 0 Å². The molecule has 0 radical (unpaired) electrons. The van der Waals surface area contributed by atoms with Crippen LogP contribution in [-0.4, -0.2) is 34.9 Å². The molecule has 0 aliphatic carbocycles. The molecule has 0 bridgehead atoms. The molecule has 438 valence electrons. The van der Waals surface area contributed by atoms with Crippen LogP contribution in [-0.2, 0) is 44.9 Å². The number of imidazole rings is 1. The number of hydrogen-bond donors (Lipinski definition) is 1. The average Bonchev–Trinajstić information content (AvgIpc) is 4.33. The normalized spacial score (nSPS) is 11.4. The summed E-state index contributed by atoms with van der Waals surface area (Å²) in [5.74, 6) is 6.66. The van der Waals surface area contributed by atoms with E-state index in [4.69, 9.17) is 20.4 Å². The lowest BCUT2D eigenvalue weighted by atomic mass is 10.1. The molecule has 1 N–H and O–H groups in total. The second-order valence-corrected chi connectivity index (χ2v) is 27.7. The third-order valence-corrected chi connectivity index (χ3v) is 16.2. The number of halogens is 1. The van der Waals surface area contributed by atoms with Crippen molar-refractivity contribution in [1.82, 2.24) is 34.9 Å². The van der Waals surface area contributed by atoms with E-state index in [1.54, 1.807) is 11.3 Å². The van der Waals surface area contributed by atoms with Gasteiger partial charge in [0.1, 0.15) is 16.9 Å². The molecule has 0 fully saturated rings. The molecule has 0 aliphatic heterocycles. The lowest BCUT2D eigenvalue weighted by Crippen LogP contribution is -1.95. The highest BCUT2D eigenvalue weighted by Gasteiger charge is 2.12. The van der Waals surface area contributed by atoms with Gasteiger partial charge in [0.15, 0.2) is 22.9 Å². The number of thiazole rings is 3. The maximum absolute atomic E-state index is 5.90. The fourth-order valence-corrected chi connectivity index (χ4v) is 12.8. The first-order valence-corrected chi connectivity index (χ1v) is 32.4. The Morgan fingerprint density at radius 3 is 1.53 bits per heavy atom. The Balaban J connectivity index is 0.000000143. The number of aromatic nitrogens is 7. The number of fused-ring (bicyclic) bond motifs is 6. The molecule has 6 aromatic carbocycles. The van der Waals surface area contributed by atoms with Crippen LogP contribution in [0.25, 0.3) is 63.9 Å². The van der Waals surface area contributed by atoms with Crippen molar-refractivity contribution in [2.24, 2.45) is 35.5 Å². The Labute approximate surface area is 509 Å². The minimum atomic E-state index is 0.586. The van der Waals surface area contributed by atoms with Gasteiger partial charge in [0.2, 0.25) is 0 Å².